The largest absolute Gasteiger partial charge is 0.395 e. The molecule has 0 spiro atoms. The van der Waals surface area contributed by atoms with Crippen LogP contribution in [0.1, 0.15) is 38.7 Å². The second-order valence-corrected chi connectivity index (χ2v) is 6.42. The van der Waals surface area contributed by atoms with Crippen LogP contribution in [0.4, 0.5) is 0 Å². The summed E-state index contributed by atoms with van der Waals surface area (Å²) >= 11 is 0. The van der Waals surface area contributed by atoms with Crippen LogP contribution in [-0.2, 0) is 6.54 Å². The Kier molecular flexibility index (Phi) is 6.68. The van der Waals surface area contributed by atoms with Crippen molar-refractivity contribution in [3.63, 3.8) is 0 Å². The number of aliphatic hydroxyl groups excluding tert-OH is 1. The van der Waals surface area contributed by atoms with Crippen LogP contribution in [0.15, 0.2) is 30.3 Å². The lowest BCUT2D eigenvalue weighted by Crippen LogP contribution is -2.48. The number of aliphatic hydroxyl groups is 1. The Morgan fingerprint density at radius 3 is 2.67 bits per heavy atom. The summed E-state index contributed by atoms with van der Waals surface area (Å²) in [5.74, 6) is 0. The van der Waals surface area contributed by atoms with Gasteiger partial charge in [-0.05, 0) is 38.8 Å². The van der Waals surface area contributed by atoms with E-state index in [0.717, 1.165) is 19.6 Å². The van der Waals surface area contributed by atoms with E-state index in [9.17, 15) is 5.11 Å². The Balaban J connectivity index is 1.97. The lowest BCUT2D eigenvalue weighted by Gasteiger charge is -2.40. The normalized spacial score (nSPS) is 20.3. The molecule has 3 heteroatoms. The van der Waals surface area contributed by atoms with Gasteiger partial charge < -0.3 is 5.11 Å². The van der Waals surface area contributed by atoms with Gasteiger partial charge >= 0.3 is 0 Å². The molecule has 1 aliphatic rings. The van der Waals surface area contributed by atoms with Crippen LogP contribution in [0.5, 0.6) is 0 Å². The Bertz CT molecular complexity index is 393. The first-order chi connectivity index (χ1) is 10.2. The SMILES string of the molecule is CC(C)N(CCO)CC1CCCCN1Cc1ccccc1. The molecule has 1 N–H and O–H groups in total. The van der Waals surface area contributed by atoms with Gasteiger partial charge in [0.1, 0.15) is 0 Å². The molecule has 1 atom stereocenters. The van der Waals surface area contributed by atoms with Crippen molar-refractivity contribution >= 4 is 0 Å². The molecule has 21 heavy (non-hydrogen) atoms. The molecule has 1 fully saturated rings. The van der Waals surface area contributed by atoms with Crippen LogP contribution >= 0.6 is 0 Å². The molecule has 0 aromatic heterocycles. The summed E-state index contributed by atoms with van der Waals surface area (Å²) in [5, 5.41) is 9.26. The minimum Gasteiger partial charge on any atom is -0.395 e. The molecule has 1 heterocycles. The summed E-state index contributed by atoms with van der Waals surface area (Å²) < 4.78 is 0. The van der Waals surface area contributed by atoms with Crippen LogP contribution < -0.4 is 0 Å². The predicted octanol–water partition coefficient (Wildman–Crippen LogP) is 2.74. The highest BCUT2D eigenvalue weighted by Crippen LogP contribution is 2.21. The Hall–Kier alpha value is -0.900. The average molecular weight is 290 g/mol. The minimum absolute atomic E-state index is 0.254. The highest BCUT2D eigenvalue weighted by atomic mass is 16.3. The van der Waals surface area contributed by atoms with Crippen LogP contribution in [0, 0.1) is 0 Å². The molecule has 118 valence electrons. The van der Waals surface area contributed by atoms with Crippen molar-refractivity contribution in [3.8, 4) is 0 Å². The first kappa shape index (κ1) is 16.5. The molecule has 0 aliphatic carbocycles. The van der Waals surface area contributed by atoms with Gasteiger partial charge in [-0.15, -0.1) is 0 Å². The fourth-order valence-electron chi connectivity index (χ4n) is 3.25. The number of nitrogens with zero attached hydrogens (tertiary/aromatic N) is 2. The summed E-state index contributed by atoms with van der Waals surface area (Å²) in [6.45, 7) is 8.81. The monoisotopic (exact) mass is 290 g/mol. The van der Waals surface area contributed by atoms with Crippen molar-refractivity contribution in [1.29, 1.82) is 0 Å². The number of hydrogen-bond acceptors (Lipinski definition) is 3. The molecule has 0 amide bonds. The molecule has 1 aromatic carbocycles. The number of benzene rings is 1. The predicted molar refractivity (Wildman–Crippen MR) is 88.3 cm³/mol. The van der Waals surface area contributed by atoms with Gasteiger partial charge in [-0.2, -0.15) is 0 Å². The maximum absolute atomic E-state index is 9.26. The van der Waals surface area contributed by atoms with Crippen molar-refractivity contribution in [2.45, 2.75) is 51.7 Å². The first-order valence-corrected chi connectivity index (χ1v) is 8.33. The molecule has 1 saturated heterocycles. The van der Waals surface area contributed by atoms with Crippen LogP contribution in [-0.4, -0.2) is 53.2 Å². The van der Waals surface area contributed by atoms with Gasteiger partial charge in [-0.1, -0.05) is 36.8 Å². The van der Waals surface area contributed by atoms with E-state index in [1.165, 1.54) is 31.4 Å². The van der Waals surface area contributed by atoms with Crippen LogP contribution in [0.3, 0.4) is 0 Å². The molecule has 2 rings (SSSR count). The van der Waals surface area contributed by atoms with Gasteiger partial charge in [0, 0.05) is 31.7 Å². The molecule has 1 aliphatic heterocycles. The van der Waals surface area contributed by atoms with Crippen LogP contribution in [0.2, 0.25) is 0 Å². The third-order valence-electron chi connectivity index (χ3n) is 4.54. The zero-order chi connectivity index (χ0) is 15.1. The lowest BCUT2D eigenvalue weighted by atomic mass is 10.00. The Morgan fingerprint density at radius 2 is 2.00 bits per heavy atom. The molecule has 1 aromatic rings. The fraction of sp³-hybridized carbons (Fsp3) is 0.667. The number of hydrogen-bond donors (Lipinski definition) is 1. The molecule has 1 unspecified atom stereocenters. The molecule has 0 radical (unpaired) electrons. The molecule has 0 bridgehead atoms. The molecular weight excluding hydrogens is 260 g/mol. The smallest absolute Gasteiger partial charge is 0.0558 e. The van der Waals surface area contributed by atoms with Gasteiger partial charge in [-0.3, -0.25) is 9.80 Å². The van der Waals surface area contributed by atoms with Gasteiger partial charge in [0.05, 0.1) is 6.61 Å². The highest BCUT2D eigenvalue weighted by molar-refractivity contribution is 5.14. The van der Waals surface area contributed by atoms with E-state index >= 15 is 0 Å². The third-order valence-corrected chi connectivity index (χ3v) is 4.54. The zero-order valence-electron chi connectivity index (χ0n) is 13.5. The number of rotatable bonds is 7. The van der Waals surface area contributed by atoms with Gasteiger partial charge in [0.25, 0.3) is 0 Å². The second-order valence-electron chi connectivity index (χ2n) is 6.42. The van der Waals surface area contributed by atoms with E-state index in [1.807, 2.05) is 0 Å². The fourth-order valence-corrected chi connectivity index (χ4v) is 3.25. The summed E-state index contributed by atoms with van der Waals surface area (Å²) in [7, 11) is 0. The maximum Gasteiger partial charge on any atom is 0.0558 e. The maximum atomic E-state index is 9.26. The van der Waals surface area contributed by atoms with Crippen LogP contribution in [0.25, 0.3) is 0 Å². The zero-order valence-corrected chi connectivity index (χ0v) is 13.5. The summed E-state index contributed by atoms with van der Waals surface area (Å²) in [4.78, 5) is 5.04. The summed E-state index contributed by atoms with van der Waals surface area (Å²) in [5.41, 5.74) is 1.41. The van der Waals surface area contributed by atoms with E-state index in [-0.39, 0.29) is 6.61 Å². The average Bonchev–Trinajstić information content (AvgIpc) is 2.49. The lowest BCUT2D eigenvalue weighted by molar-refractivity contribution is 0.0752. The van der Waals surface area contributed by atoms with Crippen molar-refractivity contribution in [2.24, 2.45) is 0 Å². The Labute approximate surface area is 129 Å². The van der Waals surface area contributed by atoms with Gasteiger partial charge in [0.2, 0.25) is 0 Å². The van der Waals surface area contributed by atoms with Gasteiger partial charge in [0.15, 0.2) is 0 Å². The van der Waals surface area contributed by atoms with Gasteiger partial charge in [-0.25, -0.2) is 0 Å². The second kappa shape index (κ2) is 8.52. The van der Waals surface area contributed by atoms with E-state index in [4.69, 9.17) is 0 Å². The quantitative estimate of drug-likeness (QED) is 0.836. The van der Waals surface area contributed by atoms with Crippen molar-refractivity contribution in [3.05, 3.63) is 35.9 Å². The van der Waals surface area contributed by atoms with Crippen molar-refractivity contribution < 1.29 is 5.11 Å². The first-order valence-electron chi connectivity index (χ1n) is 8.33. The number of piperidine rings is 1. The summed E-state index contributed by atoms with van der Waals surface area (Å²) in [6, 6.07) is 11.9. The van der Waals surface area contributed by atoms with Crippen molar-refractivity contribution in [2.75, 3.05) is 26.2 Å². The standard InChI is InChI=1S/C18H30N2O/c1-16(2)19(12-13-21)15-18-10-6-7-11-20(18)14-17-8-4-3-5-9-17/h3-5,8-9,16,18,21H,6-7,10-15H2,1-2H3. The number of likely N-dealkylation sites (tertiary alicyclic amines) is 1. The van der Waals surface area contributed by atoms with E-state index < -0.39 is 0 Å². The molecule has 3 nitrogen and oxygen atoms in total. The highest BCUT2D eigenvalue weighted by Gasteiger charge is 2.25. The molecular formula is C18H30N2O. The summed E-state index contributed by atoms with van der Waals surface area (Å²) in [6.07, 6.45) is 3.92. The third kappa shape index (κ3) is 5.10. The van der Waals surface area contributed by atoms with E-state index in [0.29, 0.717) is 12.1 Å². The van der Waals surface area contributed by atoms with E-state index in [2.05, 4.69) is 54.0 Å². The minimum atomic E-state index is 0.254. The topological polar surface area (TPSA) is 26.7 Å². The Morgan fingerprint density at radius 1 is 1.24 bits per heavy atom. The molecule has 0 saturated carbocycles. The van der Waals surface area contributed by atoms with E-state index in [1.54, 1.807) is 0 Å². The van der Waals surface area contributed by atoms with Crippen molar-refractivity contribution in [1.82, 2.24) is 9.80 Å².